The number of rotatable bonds is 7. The molecule has 0 bridgehead atoms. The fraction of sp³-hybridized carbons (Fsp3) is 0.346. The van der Waals surface area contributed by atoms with E-state index in [-0.39, 0.29) is 17.7 Å². The Kier molecular flexibility index (Phi) is 7.94. The lowest BCUT2D eigenvalue weighted by molar-refractivity contribution is -0.216. The Morgan fingerprint density at radius 3 is 1.89 bits per heavy atom. The Hall–Kier alpha value is -3.70. The minimum atomic E-state index is -1.31. The molecular weight excluding hydrogens is 502 g/mol. The van der Waals surface area contributed by atoms with Gasteiger partial charge in [-0.2, -0.15) is 0 Å². The second kappa shape index (κ2) is 11.1. The quantitative estimate of drug-likeness (QED) is 0.301. The number of nitrogens with zero attached hydrogens (tertiary/aromatic N) is 1. The van der Waals surface area contributed by atoms with Gasteiger partial charge in [-0.25, -0.2) is 0 Å². The van der Waals surface area contributed by atoms with E-state index in [2.05, 4.69) is 0 Å². The molecule has 2 aliphatic rings. The lowest BCUT2D eigenvalue weighted by atomic mass is 9.96. The molecule has 2 heterocycles. The first kappa shape index (κ1) is 26.4. The third kappa shape index (κ3) is 5.67. The van der Waals surface area contributed by atoms with Crippen LogP contribution in [-0.4, -0.2) is 71.0 Å². The van der Waals surface area contributed by atoms with Gasteiger partial charge in [0.05, 0.1) is 11.1 Å². The Morgan fingerprint density at radius 2 is 1.35 bits per heavy atom. The highest BCUT2D eigenvalue weighted by atomic mass is 32.2. The minimum absolute atomic E-state index is 0.198. The molecule has 0 saturated carbocycles. The van der Waals surface area contributed by atoms with Gasteiger partial charge < -0.3 is 18.9 Å². The Morgan fingerprint density at radius 1 is 0.811 bits per heavy atom. The Balaban J connectivity index is 1.81. The molecule has 11 heteroatoms. The fourth-order valence-corrected chi connectivity index (χ4v) is 5.56. The number of hydrogen-bond donors (Lipinski definition) is 0. The van der Waals surface area contributed by atoms with Gasteiger partial charge >= 0.3 is 17.9 Å². The molecule has 2 aromatic rings. The number of thioether (sulfide) groups is 1. The molecule has 1 saturated heterocycles. The van der Waals surface area contributed by atoms with Crippen molar-refractivity contribution in [1.29, 1.82) is 0 Å². The van der Waals surface area contributed by atoms with Gasteiger partial charge in [-0.1, -0.05) is 42.1 Å². The standard InChI is InChI=1S/C26H25NO9S/c1-14(28)33-13-20-22(34-15(2)29)23(35-16(3)30)21(26(36-20)37-17-9-5-4-6-10-17)27-24(31)18-11-7-8-12-19(18)25(27)32/h4-12,20-23,26H,13H2,1-3H3/t20-,21-,22-,23-,26+/m1/s1. The first-order chi connectivity index (χ1) is 17.7. The molecule has 5 atom stereocenters. The van der Waals surface area contributed by atoms with Crippen LogP contribution >= 0.6 is 11.8 Å². The molecule has 1 fully saturated rings. The van der Waals surface area contributed by atoms with E-state index in [1.165, 1.54) is 37.7 Å². The molecule has 0 N–H and O–H groups in total. The molecule has 4 rings (SSSR count). The maximum Gasteiger partial charge on any atom is 0.303 e. The van der Waals surface area contributed by atoms with Gasteiger partial charge in [-0.05, 0) is 24.3 Å². The number of ether oxygens (including phenoxy) is 4. The van der Waals surface area contributed by atoms with E-state index in [0.717, 1.165) is 16.7 Å². The topological polar surface area (TPSA) is 126 Å². The van der Waals surface area contributed by atoms with Crippen molar-refractivity contribution in [3.63, 3.8) is 0 Å². The van der Waals surface area contributed by atoms with Crippen LogP contribution < -0.4 is 0 Å². The summed E-state index contributed by atoms with van der Waals surface area (Å²) >= 11 is 1.19. The van der Waals surface area contributed by atoms with Gasteiger partial charge in [-0.3, -0.25) is 28.9 Å². The van der Waals surface area contributed by atoms with Gasteiger partial charge in [0.1, 0.15) is 24.2 Å². The number of fused-ring (bicyclic) bond motifs is 1. The molecule has 0 aliphatic carbocycles. The van der Waals surface area contributed by atoms with E-state index in [1.54, 1.807) is 12.1 Å². The number of carbonyl (C=O) groups excluding carboxylic acids is 5. The second-order valence-corrected chi connectivity index (χ2v) is 9.61. The smallest absolute Gasteiger partial charge is 0.303 e. The maximum atomic E-state index is 13.5. The average molecular weight is 528 g/mol. The number of carbonyl (C=O) groups is 5. The number of hydrogen-bond acceptors (Lipinski definition) is 10. The van der Waals surface area contributed by atoms with Crippen LogP contribution in [0.5, 0.6) is 0 Å². The van der Waals surface area contributed by atoms with E-state index in [1.807, 2.05) is 30.3 Å². The summed E-state index contributed by atoms with van der Waals surface area (Å²) in [6.45, 7) is 3.23. The van der Waals surface area contributed by atoms with Crippen molar-refractivity contribution in [3.05, 3.63) is 65.7 Å². The zero-order valence-corrected chi connectivity index (χ0v) is 21.1. The monoisotopic (exact) mass is 527 g/mol. The highest BCUT2D eigenvalue weighted by Gasteiger charge is 2.56. The number of esters is 3. The largest absolute Gasteiger partial charge is 0.463 e. The van der Waals surface area contributed by atoms with E-state index >= 15 is 0 Å². The van der Waals surface area contributed by atoms with Crippen LogP contribution in [-0.2, 0) is 33.3 Å². The fourth-order valence-electron chi connectivity index (χ4n) is 4.37. The van der Waals surface area contributed by atoms with E-state index in [9.17, 15) is 24.0 Å². The Bertz CT molecular complexity index is 1180. The Labute approximate surface area is 217 Å². The predicted octanol–water partition coefficient (Wildman–Crippen LogP) is 2.59. The van der Waals surface area contributed by atoms with Crippen molar-refractivity contribution in [2.45, 2.75) is 55.5 Å². The highest BCUT2D eigenvalue weighted by Crippen LogP contribution is 2.40. The third-order valence-electron chi connectivity index (χ3n) is 5.79. The molecule has 0 radical (unpaired) electrons. The summed E-state index contributed by atoms with van der Waals surface area (Å²) < 4.78 is 22.5. The summed E-state index contributed by atoms with van der Waals surface area (Å²) in [7, 11) is 0. The SMILES string of the molecule is CC(=O)OC[C@H]1O[C@@H](Sc2ccccc2)[C@H](N2C(=O)c3ccccc3C2=O)[C@@H](OC(C)=O)[C@@H]1OC(C)=O. The molecule has 0 unspecified atom stereocenters. The van der Waals surface area contributed by atoms with E-state index < -0.39 is 59.5 Å². The summed E-state index contributed by atoms with van der Waals surface area (Å²) in [6.07, 6.45) is -3.63. The number of imide groups is 1. The van der Waals surface area contributed by atoms with Crippen molar-refractivity contribution >= 4 is 41.5 Å². The van der Waals surface area contributed by atoms with Crippen LogP contribution in [0.3, 0.4) is 0 Å². The normalized spacial score (nSPS) is 24.8. The van der Waals surface area contributed by atoms with Gasteiger partial charge in [0.15, 0.2) is 12.2 Å². The molecule has 10 nitrogen and oxygen atoms in total. The van der Waals surface area contributed by atoms with E-state index in [0.29, 0.717) is 0 Å². The maximum absolute atomic E-state index is 13.5. The number of benzene rings is 2. The molecular formula is C26H25NO9S. The number of amides is 2. The summed E-state index contributed by atoms with van der Waals surface area (Å²) in [5.74, 6) is -3.21. The van der Waals surface area contributed by atoms with Crippen LogP contribution in [0.25, 0.3) is 0 Å². The summed E-state index contributed by atoms with van der Waals surface area (Å²) in [5.41, 5.74) is -0.575. The zero-order valence-electron chi connectivity index (χ0n) is 20.3. The lowest BCUT2D eigenvalue weighted by Gasteiger charge is -2.47. The molecule has 2 aliphatic heterocycles. The second-order valence-electron chi connectivity index (χ2n) is 8.44. The van der Waals surface area contributed by atoms with Crippen LogP contribution in [0, 0.1) is 0 Å². The van der Waals surface area contributed by atoms with Gasteiger partial charge in [0, 0.05) is 25.7 Å². The van der Waals surface area contributed by atoms with Gasteiger partial charge in [0.25, 0.3) is 11.8 Å². The summed E-state index contributed by atoms with van der Waals surface area (Å²) in [4.78, 5) is 64.6. The summed E-state index contributed by atoms with van der Waals surface area (Å²) in [6, 6.07) is 14.2. The molecule has 37 heavy (non-hydrogen) atoms. The van der Waals surface area contributed by atoms with Gasteiger partial charge in [-0.15, -0.1) is 0 Å². The average Bonchev–Trinajstić information content (AvgIpc) is 3.10. The zero-order chi connectivity index (χ0) is 26.7. The predicted molar refractivity (Wildman–Crippen MR) is 129 cm³/mol. The first-order valence-electron chi connectivity index (χ1n) is 11.5. The van der Waals surface area contributed by atoms with Crippen molar-refractivity contribution in [1.82, 2.24) is 4.90 Å². The highest BCUT2D eigenvalue weighted by molar-refractivity contribution is 7.99. The third-order valence-corrected chi connectivity index (χ3v) is 6.96. The van der Waals surface area contributed by atoms with Crippen molar-refractivity contribution in [2.75, 3.05) is 6.61 Å². The molecule has 0 spiro atoms. The van der Waals surface area contributed by atoms with Crippen molar-refractivity contribution in [2.24, 2.45) is 0 Å². The van der Waals surface area contributed by atoms with Crippen LogP contribution in [0.4, 0.5) is 0 Å². The molecule has 2 amide bonds. The van der Waals surface area contributed by atoms with Gasteiger partial charge in [0.2, 0.25) is 0 Å². The minimum Gasteiger partial charge on any atom is -0.463 e. The molecule has 2 aromatic carbocycles. The van der Waals surface area contributed by atoms with Crippen molar-refractivity contribution in [3.8, 4) is 0 Å². The molecule has 194 valence electrons. The van der Waals surface area contributed by atoms with Crippen LogP contribution in [0.1, 0.15) is 41.5 Å². The van der Waals surface area contributed by atoms with Crippen LogP contribution in [0.2, 0.25) is 0 Å². The first-order valence-corrected chi connectivity index (χ1v) is 12.4. The summed E-state index contributed by atoms with van der Waals surface area (Å²) in [5, 5.41) is 0. The lowest BCUT2D eigenvalue weighted by Crippen LogP contribution is -2.66. The van der Waals surface area contributed by atoms with Crippen molar-refractivity contribution < 1.29 is 42.9 Å². The van der Waals surface area contributed by atoms with Crippen LogP contribution in [0.15, 0.2) is 59.5 Å². The van der Waals surface area contributed by atoms with E-state index in [4.69, 9.17) is 18.9 Å². The molecule has 0 aromatic heterocycles.